The lowest BCUT2D eigenvalue weighted by molar-refractivity contribution is 0.102. The van der Waals surface area contributed by atoms with Gasteiger partial charge in [0, 0.05) is 14.6 Å². The van der Waals surface area contributed by atoms with Crippen molar-refractivity contribution in [3.8, 4) is 5.69 Å². The van der Waals surface area contributed by atoms with E-state index in [1.807, 2.05) is 55.5 Å². The molecular weight excluding hydrogens is 422 g/mol. The zero-order valence-electron chi connectivity index (χ0n) is 12.3. The van der Waals surface area contributed by atoms with Crippen molar-refractivity contribution in [2.24, 2.45) is 0 Å². The largest absolute Gasteiger partial charge is 0.322 e. The molecule has 1 amide bonds. The van der Waals surface area contributed by atoms with Gasteiger partial charge in [-0.25, -0.2) is 4.68 Å². The van der Waals surface area contributed by atoms with E-state index in [-0.39, 0.29) is 5.91 Å². The molecule has 4 nitrogen and oxygen atoms in total. The SMILES string of the molecule is Cc1c(C(=O)Nc2cccc(Br)c2)cnn1-c1ccc(Br)cc1. The van der Waals surface area contributed by atoms with E-state index < -0.39 is 0 Å². The van der Waals surface area contributed by atoms with Gasteiger partial charge in [0.15, 0.2) is 0 Å². The molecule has 23 heavy (non-hydrogen) atoms. The maximum atomic E-state index is 12.5. The second-order valence-electron chi connectivity index (χ2n) is 5.00. The third kappa shape index (κ3) is 3.54. The molecule has 0 bridgehead atoms. The molecule has 0 unspecified atom stereocenters. The number of nitrogens with zero attached hydrogens (tertiary/aromatic N) is 2. The van der Waals surface area contributed by atoms with Crippen LogP contribution in [0.2, 0.25) is 0 Å². The predicted octanol–water partition coefficient (Wildman–Crippen LogP) is 4.96. The van der Waals surface area contributed by atoms with E-state index in [4.69, 9.17) is 0 Å². The first-order valence-corrected chi connectivity index (χ1v) is 8.50. The van der Waals surface area contributed by atoms with E-state index in [2.05, 4.69) is 42.3 Å². The smallest absolute Gasteiger partial charge is 0.259 e. The summed E-state index contributed by atoms with van der Waals surface area (Å²) in [5.41, 5.74) is 2.99. The average molecular weight is 435 g/mol. The average Bonchev–Trinajstić information content (AvgIpc) is 2.90. The van der Waals surface area contributed by atoms with Gasteiger partial charge in [0.1, 0.15) is 0 Å². The summed E-state index contributed by atoms with van der Waals surface area (Å²) in [6, 6.07) is 15.3. The topological polar surface area (TPSA) is 46.9 Å². The fourth-order valence-electron chi connectivity index (χ4n) is 2.24. The molecule has 6 heteroatoms. The molecule has 0 aliphatic heterocycles. The van der Waals surface area contributed by atoms with Crippen LogP contribution in [0.25, 0.3) is 5.69 Å². The number of amides is 1. The van der Waals surface area contributed by atoms with Gasteiger partial charge in [-0.15, -0.1) is 0 Å². The summed E-state index contributed by atoms with van der Waals surface area (Å²) in [4.78, 5) is 12.5. The number of carbonyl (C=O) groups is 1. The lowest BCUT2D eigenvalue weighted by atomic mass is 10.2. The van der Waals surface area contributed by atoms with Crippen LogP contribution in [0.3, 0.4) is 0 Å². The van der Waals surface area contributed by atoms with Crippen LogP contribution < -0.4 is 5.32 Å². The Hall–Kier alpha value is -1.92. The number of aromatic nitrogens is 2. The number of halogens is 2. The van der Waals surface area contributed by atoms with Crippen LogP contribution in [0.5, 0.6) is 0 Å². The van der Waals surface area contributed by atoms with Gasteiger partial charge in [-0.2, -0.15) is 5.10 Å². The molecule has 1 aromatic heterocycles. The molecule has 116 valence electrons. The van der Waals surface area contributed by atoms with E-state index in [1.54, 1.807) is 10.9 Å². The number of hydrogen-bond acceptors (Lipinski definition) is 2. The molecular formula is C17H13Br2N3O. The number of hydrogen-bond donors (Lipinski definition) is 1. The van der Waals surface area contributed by atoms with Crippen LogP contribution in [0, 0.1) is 6.92 Å². The number of nitrogens with one attached hydrogen (secondary N) is 1. The van der Waals surface area contributed by atoms with Crippen molar-refractivity contribution in [3.63, 3.8) is 0 Å². The molecule has 1 heterocycles. The predicted molar refractivity (Wildman–Crippen MR) is 98.1 cm³/mol. The number of rotatable bonds is 3. The van der Waals surface area contributed by atoms with Crippen molar-refractivity contribution in [2.45, 2.75) is 6.92 Å². The maximum Gasteiger partial charge on any atom is 0.259 e. The van der Waals surface area contributed by atoms with Crippen molar-refractivity contribution in [3.05, 3.63) is 74.9 Å². The molecule has 0 atom stereocenters. The van der Waals surface area contributed by atoms with Gasteiger partial charge in [0.05, 0.1) is 23.1 Å². The van der Waals surface area contributed by atoms with Crippen LogP contribution in [-0.2, 0) is 0 Å². The number of carbonyl (C=O) groups excluding carboxylic acids is 1. The van der Waals surface area contributed by atoms with Gasteiger partial charge in [0.25, 0.3) is 5.91 Å². The number of benzene rings is 2. The molecule has 0 spiro atoms. The van der Waals surface area contributed by atoms with Crippen LogP contribution in [-0.4, -0.2) is 15.7 Å². The van der Waals surface area contributed by atoms with Gasteiger partial charge >= 0.3 is 0 Å². The Morgan fingerprint density at radius 1 is 1.09 bits per heavy atom. The highest BCUT2D eigenvalue weighted by Gasteiger charge is 2.15. The number of anilines is 1. The van der Waals surface area contributed by atoms with Gasteiger partial charge in [-0.05, 0) is 49.4 Å². The van der Waals surface area contributed by atoms with Crippen molar-refractivity contribution in [2.75, 3.05) is 5.32 Å². The summed E-state index contributed by atoms with van der Waals surface area (Å²) in [5, 5.41) is 7.21. The van der Waals surface area contributed by atoms with Crippen molar-refractivity contribution >= 4 is 43.5 Å². The zero-order chi connectivity index (χ0) is 16.4. The van der Waals surface area contributed by atoms with Crippen LogP contribution in [0.15, 0.2) is 63.7 Å². The Labute approximate surface area is 150 Å². The van der Waals surface area contributed by atoms with Gasteiger partial charge < -0.3 is 5.32 Å². The van der Waals surface area contributed by atoms with E-state index in [0.29, 0.717) is 5.56 Å². The summed E-state index contributed by atoms with van der Waals surface area (Å²) in [7, 11) is 0. The first kappa shape index (κ1) is 16.0. The second-order valence-corrected chi connectivity index (χ2v) is 6.83. The molecule has 0 fully saturated rings. The highest BCUT2D eigenvalue weighted by molar-refractivity contribution is 9.10. The summed E-state index contributed by atoms with van der Waals surface area (Å²) < 4.78 is 3.67. The Balaban J connectivity index is 1.86. The Bertz CT molecular complexity index is 857. The normalized spacial score (nSPS) is 10.6. The summed E-state index contributed by atoms with van der Waals surface area (Å²) >= 11 is 6.80. The fourth-order valence-corrected chi connectivity index (χ4v) is 2.90. The van der Waals surface area contributed by atoms with Gasteiger partial charge in [-0.3, -0.25) is 4.79 Å². The minimum absolute atomic E-state index is 0.177. The van der Waals surface area contributed by atoms with Crippen LogP contribution in [0.4, 0.5) is 5.69 Å². The Kier molecular flexibility index (Phi) is 4.63. The highest BCUT2D eigenvalue weighted by atomic mass is 79.9. The maximum absolute atomic E-state index is 12.5. The molecule has 3 rings (SSSR count). The minimum atomic E-state index is -0.177. The molecule has 0 saturated carbocycles. The van der Waals surface area contributed by atoms with Crippen LogP contribution in [0.1, 0.15) is 16.1 Å². The molecule has 2 aromatic carbocycles. The zero-order valence-corrected chi connectivity index (χ0v) is 15.4. The molecule has 0 radical (unpaired) electrons. The van der Waals surface area contributed by atoms with Crippen molar-refractivity contribution in [1.29, 1.82) is 0 Å². The lowest BCUT2D eigenvalue weighted by Crippen LogP contribution is -2.13. The third-order valence-corrected chi connectivity index (χ3v) is 4.43. The van der Waals surface area contributed by atoms with E-state index in [0.717, 1.165) is 26.0 Å². The van der Waals surface area contributed by atoms with Crippen molar-refractivity contribution in [1.82, 2.24) is 9.78 Å². The van der Waals surface area contributed by atoms with Gasteiger partial charge in [0.2, 0.25) is 0 Å². The van der Waals surface area contributed by atoms with Crippen LogP contribution >= 0.6 is 31.9 Å². The minimum Gasteiger partial charge on any atom is -0.322 e. The molecule has 1 N–H and O–H groups in total. The monoisotopic (exact) mass is 433 g/mol. The molecule has 0 aliphatic rings. The second kappa shape index (κ2) is 6.68. The van der Waals surface area contributed by atoms with Gasteiger partial charge in [-0.1, -0.05) is 37.9 Å². The quantitative estimate of drug-likeness (QED) is 0.633. The fraction of sp³-hybridized carbons (Fsp3) is 0.0588. The summed E-state index contributed by atoms with van der Waals surface area (Å²) in [6.07, 6.45) is 1.59. The highest BCUT2D eigenvalue weighted by Crippen LogP contribution is 2.20. The Morgan fingerprint density at radius 3 is 2.52 bits per heavy atom. The van der Waals surface area contributed by atoms with E-state index in [1.165, 1.54) is 0 Å². The first-order valence-electron chi connectivity index (χ1n) is 6.92. The lowest BCUT2D eigenvalue weighted by Gasteiger charge is -2.07. The summed E-state index contributed by atoms with van der Waals surface area (Å²) in [6.45, 7) is 1.88. The first-order chi connectivity index (χ1) is 11.0. The van der Waals surface area contributed by atoms with Crippen molar-refractivity contribution < 1.29 is 4.79 Å². The van der Waals surface area contributed by atoms with E-state index in [9.17, 15) is 4.79 Å². The molecule has 0 saturated heterocycles. The van der Waals surface area contributed by atoms with E-state index >= 15 is 0 Å². The Morgan fingerprint density at radius 2 is 1.83 bits per heavy atom. The summed E-state index contributed by atoms with van der Waals surface area (Å²) in [5.74, 6) is -0.177. The molecule has 3 aromatic rings. The molecule has 0 aliphatic carbocycles. The standard InChI is InChI=1S/C17H13Br2N3O/c1-11-16(17(23)21-14-4-2-3-13(19)9-14)10-20-22(11)15-7-5-12(18)6-8-15/h2-10H,1H3,(H,21,23). The third-order valence-electron chi connectivity index (χ3n) is 3.41.